The lowest BCUT2D eigenvalue weighted by atomic mass is 10.1. The van der Waals surface area contributed by atoms with Gasteiger partial charge in [-0.1, -0.05) is 35.3 Å². The van der Waals surface area contributed by atoms with Gasteiger partial charge in [-0.05, 0) is 31.2 Å². The summed E-state index contributed by atoms with van der Waals surface area (Å²) in [5, 5.41) is 0.996. The van der Waals surface area contributed by atoms with E-state index in [1.165, 1.54) is 0 Å². The summed E-state index contributed by atoms with van der Waals surface area (Å²) < 4.78 is 2.10. The molecule has 5 heteroatoms. The number of aryl methyl sites for hydroxylation is 1. The van der Waals surface area contributed by atoms with Crippen molar-refractivity contribution in [2.75, 3.05) is 5.73 Å². The van der Waals surface area contributed by atoms with E-state index in [0.29, 0.717) is 15.7 Å². The Bertz CT molecular complexity index is 793. The van der Waals surface area contributed by atoms with E-state index in [9.17, 15) is 0 Å². The SMILES string of the molecule is CCn1c(-c2cc(Cl)cc(Cl)c2N)nc2ccccc21. The van der Waals surface area contributed by atoms with Crippen LogP contribution in [-0.4, -0.2) is 9.55 Å². The van der Waals surface area contributed by atoms with Crippen LogP contribution in [0.5, 0.6) is 0 Å². The highest BCUT2D eigenvalue weighted by atomic mass is 35.5. The number of benzene rings is 2. The van der Waals surface area contributed by atoms with Crippen LogP contribution in [0.15, 0.2) is 36.4 Å². The molecule has 0 radical (unpaired) electrons. The van der Waals surface area contributed by atoms with E-state index < -0.39 is 0 Å². The van der Waals surface area contributed by atoms with Gasteiger partial charge in [0.25, 0.3) is 0 Å². The van der Waals surface area contributed by atoms with Gasteiger partial charge in [-0.15, -0.1) is 0 Å². The standard InChI is InChI=1S/C15H13Cl2N3/c1-2-20-13-6-4-3-5-12(13)19-15(20)10-7-9(16)8-11(17)14(10)18/h3-8H,2,18H2,1H3. The smallest absolute Gasteiger partial charge is 0.143 e. The lowest BCUT2D eigenvalue weighted by Crippen LogP contribution is -2.00. The lowest BCUT2D eigenvalue weighted by Gasteiger charge is -2.10. The number of imidazole rings is 1. The molecule has 0 aliphatic heterocycles. The fraction of sp³-hybridized carbons (Fsp3) is 0.133. The zero-order chi connectivity index (χ0) is 14.3. The van der Waals surface area contributed by atoms with E-state index in [4.69, 9.17) is 28.9 Å². The van der Waals surface area contributed by atoms with Crippen LogP contribution >= 0.6 is 23.2 Å². The highest BCUT2D eigenvalue weighted by Gasteiger charge is 2.15. The third kappa shape index (κ3) is 2.03. The Balaban J connectivity index is 2.35. The summed E-state index contributed by atoms with van der Waals surface area (Å²) in [6.07, 6.45) is 0. The van der Waals surface area contributed by atoms with Gasteiger partial charge in [0, 0.05) is 17.1 Å². The molecule has 0 spiro atoms. The van der Waals surface area contributed by atoms with Crippen molar-refractivity contribution < 1.29 is 0 Å². The van der Waals surface area contributed by atoms with Gasteiger partial charge >= 0.3 is 0 Å². The maximum absolute atomic E-state index is 6.12. The molecule has 0 amide bonds. The molecule has 3 aromatic rings. The molecular weight excluding hydrogens is 293 g/mol. The monoisotopic (exact) mass is 305 g/mol. The van der Waals surface area contributed by atoms with E-state index in [2.05, 4.69) is 16.5 Å². The van der Waals surface area contributed by atoms with Gasteiger partial charge in [0.15, 0.2) is 0 Å². The molecule has 102 valence electrons. The van der Waals surface area contributed by atoms with Crippen molar-refractivity contribution in [3.05, 3.63) is 46.4 Å². The predicted molar refractivity (Wildman–Crippen MR) is 85.3 cm³/mol. The molecule has 0 saturated carbocycles. The molecule has 1 heterocycles. The number of rotatable bonds is 2. The zero-order valence-electron chi connectivity index (χ0n) is 10.9. The van der Waals surface area contributed by atoms with Crippen molar-refractivity contribution >= 4 is 39.9 Å². The number of anilines is 1. The van der Waals surface area contributed by atoms with E-state index in [-0.39, 0.29) is 0 Å². The molecule has 0 aliphatic rings. The highest BCUT2D eigenvalue weighted by molar-refractivity contribution is 6.37. The number of para-hydroxylation sites is 2. The van der Waals surface area contributed by atoms with Gasteiger partial charge in [0.05, 0.1) is 21.7 Å². The van der Waals surface area contributed by atoms with Crippen molar-refractivity contribution in [1.82, 2.24) is 9.55 Å². The van der Waals surface area contributed by atoms with E-state index >= 15 is 0 Å². The summed E-state index contributed by atoms with van der Waals surface area (Å²) >= 11 is 12.2. The molecule has 20 heavy (non-hydrogen) atoms. The average molecular weight is 306 g/mol. The first-order valence-corrected chi connectivity index (χ1v) is 7.07. The lowest BCUT2D eigenvalue weighted by molar-refractivity contribution is 0.796. The molecule has 1 aromatic heterocycles. The normalized spacial score (nSPS) is 11.2. The largest absolute Gasteiger partial charge is 0.397 e. The van der Waals surface area contributed by atoms with Crippen molar-refractivity contribution in [2.24, 2.45) is 0 Å². The van der Waals surface area contributed by atoms with Crippen molar-refractivity contribution in [3.8, 4) is 11.4 Å². The number of aromatic nitrogens is 2. The number of halogens is 2. The second-order valence-corrected chi connectivity index (χ2v) is 5.36. The van der Waals surface area contributed by atoms with Gasteiger partial charge in [0.1, 0.15) is 5.82 Å². The van der Waals surface area contributed by atoms with E-state index in [0.717, 1.165) is 29.0 Å². The molecule has 3 nitrogen and oxygen atoms in total. The van der Waals surface area contributed by atoms with Crippen LogP contribution in [0.3, 0.4) is 0 Å². The summed E-state index contributed by atoms with van der Waals surface area (Å²) in [6, 6.07) is 11.4. The molecule has 0 unspecified atom stereocenters. The first-order valence-electron chi connectivity index (χ1n) is 6.32. The van der Waals surface area contributed by atoms with Crippen LogP contribution in [-0.2, 0) is 6.54 Å². The summed E-state index contributed by atoms with van der Waals surface area (Å²) in [6.45, 7) is 2.86. The number of hydrogen-bond donors (Lipinski definition) is 1. The Morgan fingerprint density at radius 2 is 1.95 bits per heavy atom. The molecule has 0 atom stereocenters. The van der Waals surface area contributed by atoms with Gasteiger partial charge in [-0.3, -0.25) is 0 Å². The maximum Gasteiger partial charge on any atom is 0.143 e. The summed E-state index contributed by atoms with van der Waals surface area (Å²) in [4.78, 5) is 4.66. The third-order valence-electron chi connectivity index (χ3n) is 3.31. The average Bonchev–Trinajstić information content (AvgIpc) is 2.81. The number of nitrogen functional groups attached to an aromatic ring is 1. The Labute approximate surface area is 126 Å². The van der Waals surface area contributed by atoms with Gasteiger partial charge in [-0.25, -0.2) is 4.98 Å². The van der Waals surface area contributed by atoms with E-state index in [1.54, 1.807) is 12.1 Å². The van der Waals surface area contributed by atoms with Crippen molar-refractivity contribution in [1.29, 1.82) is 0 Å². The summed E-state index contributed by atoms with van der Waals surface area (Å²) in [7, 11) is 0. The molecule has 0 saturated heterocycles. The molecular formula is C15H13Cl2N3. The Hall–Kier alpha value is -1.71. The molecule has 2 aromatic carbocycles. The van der Waals surface area contributed by atoms with Crippen molar-refractivity contribution in [2.45, 2.75) is 13.5 Å². The van der Waals surface area contributed by atoms with Crippen LogP contribution in [0.1, 0.15) is 6.92 Å². The van der Waals surface area contributed by atoms with E-state index in [1.807, 2.05) is 24.3 Å². The van der Waals surface area contributed by atoms with Crippen LogP contribution in [0.4, 0.5) is 5.69 Å². The van der Waals surface area contributed by atoms with Crippen LogP contribution in [0.25, 0.3) is 22.4 Å². The molecule has 0 aliphatic carbocycles. The maximum atomic E-state index is 6.12. The quantitative estimate of drug-likeness (QED) is 0.702. The predicted octanol–water partition coefficient (Wildman–Crippen LogP) is 4.61. The zero-order valence-corrected chi connectivity index (χ0v) is 12.4. The first kappa shape index (κ1) is 13.3. The third-order valence-corrected chi connectivity index (χ3v) is 3.84. The topological polar surface area (TPSA) is 43.8 Å². The summed E-state index contributed by atoms with van der Waals surface area (Å²) in [5.41, 5.74) is 9.35. The minimum Gasteiger partial charge on any atom is -0.397 e. The second-order valence-electron chi connectivity index (χ2n) is 4.52. The molecule has 3 rings (SSSR count). The minimum absolute atomic E-state index is 0.446. The van der Waals surface area contributed by atoms with Crippen LogP contribution in [0, 0.1) is 0 Å². The highest BCUT2D eigenvalue weighted by Crippen LogP contribution is 2.35. The van der Waals surface area contributed by atoms with Gasteiger partial charge in [0.2, 0.25) is 0 Å². The number of nitrogens with two attached hydrogens (primary N) is 1. The Morgan fingerprint density at radius 1 is 1.20 bits per heavy atom. The van der Waals surface area contributed by atoms with Crippen LogP contribution in [0.2, 0.25) is 10.0 Å². The molecule has 2 N–H and O–H groups in total. The van der Waals surface area contributed by atoms with Crippen molar-refractivity contribution in [3.63, 3.8) is 0 Å². The first-order chi connectivity index (χ1) is 9.61. The fourth-order valence-electron chi connectivity index (χ4n) is 2.37. The fourth-order valence-corrected chi connectivity index (χ4v) is 2.86. The van der Waals surface area contributed by atoms with Crippen LogP contribution < -0.4 is 5.73 Å². The Morgan fingerprint density at radius 3 is 2.70 bits per heavy atom. The second kappa shape index (κ2) is 5.00. The Kier molecular flexibility index (Phi) is 3.32. The van der Waals surface area contributed by atoms with Gasteiger partial charge in [-0.2, -0.15) is 0 Å². The number of fused-ring (bicyclic) bond motifs is 1. The number of hydrogen-bond acceptors (Lipinski definition) is 2. The number of nitrogens with zero attached hydrogens (tertiary/aromatic N) is 2. The van der Waals surface area contributed by atoms with Gasteiger partial charge < -0.3 is 10.3 Å². The molecule has 0 fully saturated rings. The summed E-state index contributed by atoms with van der Waals surface area (Å²) in [5.74, 6) is 0.788. The minimum atomic E-state index is 0.446. The molecule has 0 bridgehead atoms.